The number of carbonyl (C=O) groups is 2. The van der Waals surface area contributed by atoms with Crippen molar-refractivity contribution in [2.75, 3.05) is 44.0 Å². The van der Waals surface area contributed by atoms with Crippen LogP contribution in [0.15, 0.2) is 48.5 Å². The van der Waals surface area contributed by atoms with E-state index in [0.717, 1.165) is 5.56 Å². The number of anilines is 2. The third-order valence-electron chi connectivity index (χ3n) is 4.28. The van der Waals surface area contributed by atoms with Crippen molar-refractivity contribution >= 4 is 23.2 Å². The van der Waals surface area contributed by atoms with E-state index in [1.54, 1.807) is 24.1 Å². The number of amides is 2. The van der Waals surface area contributed by atoms with Crippen LogP contribution in [-0.2, 0) is 9.59 Å². The van der Waals surface area contributed by atoms with E-state index < -0.39 is 0 Å². The van der Waals surface area contributed by atoms with E-state index in [-0.39, 0.29) is 37.9 Å². The Hall–Kier alpha value is -3.37. The molecule has 2 aromatic rings. The Morgan fingerprint density at radius 3 is 2.45 bits per heavy atom. The number of nitrogens with one attached hydrogen (secondary N) is 1. The summed E-state index contributed by atoms with van der Waals surface area (Å²) in [6, 6.07) is 16.7. The van der Waals surface area contributed by atoms with Gasteiger partial charge in [-0.3, -0.25) is 14.5 Å². The molecule has 7 heteroatoms. The fourth-order valence-corrected chi connectivity index (χ4v) is 2.85. The first-order valence-electron chi connectivity index (χ1n) is 9.30. The molecule has 0 aliphatic heterocycles. The van der Waals surface area contributed by atoms with Crippen LogP contribution in [0.4, 0.5) is 11.4 Å². The summed E-state index contributed by atoms with van der Waals surface area (Å²) in [7, 11) is 3.24. The predicted molar refractivity (Wildman–Crippen MR) is 113 cm³/mol. The van der Waals surface area contributed by atoms with Gasteiger partial charge in [0.1, 0.15) is 5.75 Å². The number of hydrogen-bond donors (Lipinski definition) is 1. The van der Waals surface area contributed by atoms with Gasteiger partial charge in [-0.2, -0.15) is 5.26 Å². The van der Waals surface area contributed by atoms with Gasteiger partial charge < -0.3 is 15.0 Å². The van der Waals surface area contributed by atoms with Gasteiger partial charge in [0.05, 0.1) is 38.4 Å². The minimum Gasteiger partial charge on any atom is -0.495 e. The maximum Gasteiger partial charge on any atom is 0.241 e. The number of carbonyl (C=O) groups excluding carboxylic acids is 2. The number of nitrogens with zero attached hydrogens (tertiary/aromatic N) is 3. The molecule has 2 amide bonds. The van der Waals surface area contributed by atoms with Crippen molar-refractivity contribution in [1.82, 2.24) is 4.90 Å². The van der Waals surface area contributed by atoms with Crippen molar-refractivity contribution < 1.29 is 14.3 Å². The lowest BCUT2D eigenvalue weighted by molar-refractivity contribution is -0.121. The summed E-state index contributed by atoms with van der Waals surface area (Å²) in [5.41, 5.74) is 2.43. The highest BCUT2D eigenvalue weighted by Crippen LogP contribution is 2.28. The summed E-state index contributed by atoms with van der Waals surface area (Å²) in [6.07, 6.45) is 0.196. The monoisotopic (exact) mass is 394 g/mol. The van der Waals surface area contributed by atoms with Crippen LogP contribution in [0.5, 0.6) is 5.75 Å². The summed E-state index contributed by atoms with van der Waals surface area (Å²) in [5, 5.41) is 11.8. The van der Waals surface area contributed by atoms with Gasteiger partial charge in [0.15, 0.2) is 0 Å². The molecule has 0 bridgehead atoms. The van der Waals surface area contributed by atoms with Crippen LogP contribution in [0.1, 0.15) is 12.0 Å². The van der Waals surface area contributed by atoms with Crippen molar-refractivity contribution in [2.45, 2.75) is 13.3 Å². The molecule has 2 rings (SSSR count). The SMILES string of the molecule is COc1ccccc1N(CCC#N)C(=O)CN(C)CC(=O)Nc1ccc(C)cc1. The molecule has 29 heavy (non-hydrogen) atoms. The molecule has 0 fully saturated rings. The third kappa shape index (κ3) is 6.63. The van der Waals surface area contributed by atoms with Crippen molar-refractivity contribution in [1.29, 1.82) is 5.26 Å². The average molecular weight is 394 g/mol. The normalized spacial score (nSPS) is 10.3. The largest absolute Gasteiger partial charge is 0.495 e. The quantitative estimate of drug-likeness (QED) is 0.707. The molecule has 0 aliphatic carbocycles. The highest BCUT2D eigenvalue weighted by Gasteiger charge is 2.21. The molecule has 2 aromatic carbocycles. The van der Waals surface area contributed by atoms with E-state index >= 15 is 0 Å². The Morgan fingerprint density at radius 2 is 1.79 bits per heavy atom. The van der Waals surface area contributed by atoms with E-state index in [9.17, 15) is 9.59 Å². The Morgan fingerprint density at radius 1 is 1.10 bits per heavy atom. The van der Waals surface area contributed by atoms with Crippen LogP contribution in [0.25, 0.3) is 0 Å². The Bertz CT molecular complexity index is 874. The summed E-state index contributed by atoms with van der Waals surface area (Å²) in [6.45, 7) is 2.33. The Balaban J connectivity index is 2.01. The number of nitriles is 1. The van der Waals surface area contributed by atoms with Gasteiger partial charge in [0.25, 0.3) is 0 Å². The van der Waals surface area contributed by atoms with Crippen molar-refractivity contribution in [3.05, 3.63) is 54.1 Å². The van der Waals surface area contributed by atoms with Gasteiger partial charge in [-0.25, -0.2) is 0 Å². The summed E-state index contributed by atoms with van der Waals surface area (Å²) in [4.78, 5) is 28.3. The lowest BCUT2D eigenvalue weighted by Gasteiger charge is -2.26. The smallest absolute Gasteiger partial charge is 0.241 e. The van der Waals surface area contributed by atoms with E-state index in [1.165, 1.54) is 12.0 Å². The molecule has 0 aromatic heterocycles. The highest BCUT2D eigenvalue weighted by atomic mass is 16.5. The number of hydrogen-bond acceptors (Lipinski definition) is 5. The van der Waals surface area contributed by atoms with E-state index in [4.69, 9.17) is 10.00 Å². The molecule has 7 nitrogen and oxygen atoms in total. The second-order valence-corrected chi connectivity index (χ2v) is 6.71. The highest BCUT2D eigenvalue weighted by molar-refractivity contribution is 5.97. The van der Waals surface area contributed by atoms with Gasteiger partial charge in [-0.05, 0) is 38.2 Å². The number of methoxy groups -OCH3 is 1. The molecule has 0 unspecified atom stereocenters. The molecule has 0 saturated heterocycles. The van der Waals surface area contributed by atoms with E-state index in [2.05, 4.69) is 11.4 Å². The van der Waals surface area contributed by atoms with E-state index in [1.807, 2.05) is 43.3 Å². The number of likely N-dealkylation sites (N-methyl/N-ethyl adjacent to an activating group) is 1. The molecular formula is C22H26N4O3. The maximum absolute atomic E-state index is 12.9. The van der Waals surface area contributed by atoms with E-state index in [0.29, 0.717) is 17.1 Å². The van der Waals surface area contributed by atoms with Crippen LogP contribution in [0.2, 0.25) is 0 Å². The van der Waals surface area contributed by atoms with Gasteiger partial charge in [0, 0.05) is 12.2 Å². The standard InChI is InChI=1S/C22H26N4O3/c1-17-9-11-18(12-10-17)24-21(27)15-25(2)16-22(28)26(14-6-13-23)19-7-4-5-8-20(19)29-3/h4-5,7-12H,6,14-16H2,1-3H3,(H,24,27). The van der Waals surface area contributed by atoms with Gasteiger partial charge in [-0.15, -0.1) is 0 Å². The molecule has 0 atom stereocenters. The average Bonchev–Trinajstić information content (AvgIpc) is 2.70. The second-order valence-electron chi connectivity index (χ2n) is 6.71. The minimum atomic E-state index is -0.213. The topological polar surface area (TPSA) is 85.7 Å². The van der Waals surface area contributed by atoms with Crippen LogP contribution in [0, 0.1) is 18.3 Å². The fraction of sp³-hybridized carbons (Fsp3) is 0.318. The number of benzene rings is 2. The molecule has 152 valence electrons. The van der Waals surface area contributed by atoms with Crippen LogP contribution in [0.3, 0.4) is 0 Å². The maximum atomic E-state index is 12.9. The molecule has 0 aliphatic rings. The van der Waals surface area contributed by atoms with Gasteiger partial charge >= 0.3 is 0 Å². The minimum absolute atomic E-state index is 0.0325. The van der Waals surface area contributed by atoms with Crippen molar-refractivity contribution in [2.24, 2.45) is 0 Å². The van der Waals surface area contributed by atoms with Crippen LogP contribution >= 0.6 is 0 Å². The molecule has 0 spiro atoms. The van der Waals surface area contributed by atoms with Crippen LogP contribution in [-0.4, -0.2) is 50.5 Å². The zero-order valence-electron chi connectivity index (χ0n) is 17.0. The first-order chi connectivity index (χ1) is 13.9. The first-order valence-corrected chi connectivity index (χ1v) is 9.30. The van der Waals surface area contributed by atoms with Crippen LogP contribution < -0.4 is 15.0 Å². The van der Waals surface area contributed by atoms with Gasteiger partial charge in [0.2, 0.25) is 11.8 Å². The lowest BCUT2D eigenvalue weighted by atomic mass is 10.2. The van der Waals surface area contributed by atoms with Gasteiger partial charge in [-0.1, -0.05) is 29.8 Å². The number of ether oxygens (including phenoxy) is 1. The Kier molecular flexibility index (Phi) is 8.19. The summed E-state index contributed by atoms with van der Waals surface area (Å²) < 4.78 is 5.35. The zero-order valence-corrected chi connectivity index (χ0v) is 17.0. The number of rotatable bonds is 9. The second kappa shape index (κ2) is 10.8. The molecule has 0 heterocycles. The number of aryl methyl sites for hydroxylation is 1. The third-order valence-corrected chi connectivity index (χ3v) is 4.28. The Labute approximate surface area is 171 Å². The fourth-order valence-electron chi connectivity index (χ4n) is 2.85. The zero-order chi connectivity index (χ0) is 21.2. The molecule has 0 saturated carbocycles. The first kappa shape index (κ1) is 21.9. The van der Waals surface area contributed by atoms with Crippen molar-refractivity contribution in [3.8, 4) is 11.8 Å². The number of para-hydroxylation sites is 2. The molecular weight excluding hydrogens is 368 g/mol. The predicted octanol–water partition coefficient (Wildman–Crippen LogP) is 2.82. The lowest BCUT2D eigenvalue weighted by Crippen LogP contribution is -2.42. The molecule has 1 N–H and O–H groups in total. The molecule has 0 radical (unpaired) electrons. The van der Waals surface area contributed by atoms with Crippen molar-refractivity contribution in [3.63, 3.8) is 0 Å². The summed E-state index contributed by atoms with van der Waals surface area (Å²) >= 11 is 0. The summed E-state index contributed by atoms with van der Waals surface area (Å²) in [5.74, 6) is 0.138.